The van der Waals surface area contributed by atoms with Crippen molar-refractivity contribution in [2.45, 2.75) is 43.5 Å². The Morgan fingerprint density at radius 2 is 1.88 bits per heavy atom. The molecule has 0 aromatic heterocycles. The summed E-state index contributed by atoms with van der Waals surface area (Å²) in [6, 6.07) is 4.73. The first-order valence-electron chi connectivity index (χ1n) is 6.90. The molecule has 24 heavy (non-hydrogen) atoms. The number of benzene rings is 1. The second-order valence-electron chi connectivity index (χ2n) is 5.18. The molecule has 136 valence electrons. The molecule has 7 nitrogen and oxygen atoms in total. The number of nitro benzene ring substituents is 1. The Kier molecular flexibility index (Phi) is 10.8. The van der Waals surface area contributed by atoms with Crippen LogP contribution in [0.4, 0.5) is 5.69 Å². The van der Waals surface area contributed by atoms with Gasteiger partial charge in [-0.3, -0.25) is 10.1 Å². The van der Waals surface area contributed by atoms with Crippen LogP contribution in [-0.2, 0) is 33.1 Å². The molecule has 1 aromatic rings. The molecule has 2 unspecified atom stereocenters. The van der Waals surface area contributed by atoms with Crippen LogP contribution < -0.4 is 0 Å². The maximum absolute atomic E-state index is 12.1. The van der Waals surface area contributed by atoms with Crippen LogP contribution in [0.3, 0.4) is 0 Å². The van der Waals surface area contributed by atoms with Crippen molar-refractivity contribution in [3.05, 3.63) is 57.8 Å². The fourth-order valence-electron chi connectivity index (χ4n) is 2.49. The van der Waals surface area contributed by atoms with Crippen molar-refractivity contribution < 1.29 is 30.7 Å². The van der Waals surface area contributed by atoms with E-state index in [0.717, 1.165) is 12.8 Å². The topological polar surface area (TPSA) is 115 Å². The average molecular weight is 463 g/mol. The monoisotopic (exact) mass is 463 g/mol. The zero-order chi connectivity index (χ0) is 17.5. The number of rotatable bonds is 5. The van der Waals surface area contributed by atoms with Gasteiger partial charge in [0.05, 0.1) is 20.7 Å². The van der Waals surface area contributed by atoms with Crippen LogP contribution in [0.1, 0.15) is 31.2 Å². The molecule has 0 spiro atoms. The van der Waals surface area contributed by atoms with Crippen molar-refractivity contribution in [3.63, 3.8) is 0 Å². The van der Waals surface area contributed by atoms with Crippen LogP contribution in [0, 0.1) is 17.5 Å². The first-order chi connectivity index (χ1) is 10.9. The summed E-state index contributed by atoms with van der Waals surface area (Å²) in [5, 5.41) is 10.9. The van der Waals surface area contributed by atoms with E-state index < -0.39 is 32.8 Å². The van der Waals surface area contributed by atoms with Crippen molar-refractivity contribution in [1.82, 2.24) is 0 Å². The number of nitrogens with zero attached hydrogens (tertiary/aromatic N) is 2. The normalized spacial score (nSPS) is 20.2. The molecule has 1 aliphatic carbocycles. The number of nitro groups is 1. The summed E-state index contributed by atoms with van der Waals surface area (Å²) >= 11 is 1.82. The summed E-state index contributed by atoms with van der Waals surface area (Å²) in [6.07, 6.45) is 3.02. The van der Waals surface area contributed by atoms with Crippen molar-refractivity contribution in [1.29, 1.82) is 0 Å². The molecule has 0 amide bonds. The minimum atomic E-state index is -3.82. The van der Waals surface area contributed by atoms with Crippen molar-refractivity contribution in [2.75, 3.05) is 0 Å². The number of sulfonamides is 1. The van der Waals surface area contributed by atoms with E-state index in [1.807, 2.05) is 17.3 Å². The van der Waals surface area contributed by atoms with E-state index in [0.29, 0.717) is 12.8 Å². The van der Waals surface area contributed by atoms with Gasteiger partial charge in [0.2, 0.25) is 0 Å². The Bertz CT molecular complexity index is 630. The second kappa shape index (κ2) is 11.1. The van der Waals surface area contributed by atoms with Gasteiger partial charge in [-0.2, -0.15) is 6.04 Å². The van der Waals surface area contributed by atoms with E-state index in [2.05, 4.69) is 14.4 Å². The van der Waals surface area contributed by atoms with Gasteiger partial charge in [0.15, 0.2) is 0 Å². The third-order valence-corrected chi connectivity index (χ3v) is 4.82. The van der Waals surface area contributed by atoms with E-state index in [1.54, 1.807) is 6.07 Å². The zero-order valence-corrected chi connectivity index (χ0v) is 16.5. The standard InChI is InChI=1S/C13H17N3O4S.CH3.ClH.Ru/c14-11-6-2-3-7-12(11)15-21(19,20)9-10-5-1-4-8-13(10)16(17)18;;;/h1,4-5,8,11-12,14H,2-3,6-7,9H2;1H3;1H;/q-2;-1;;+4/p-1. The predicted molar refractivity (Wildman–Crippen MR) is 91.7 cm³/mol. The number of halogens is 1. The average Bonchev–Trinajstić information content (AvgIpc) is 2.51. The Hall–Kier alpha value is -0.597. The molecular formula is C14H20ClN3O4RuS. The third-order valence-electron chi connectivity index (χ3n) is 3.55. The molecule has 0 bridgehead atoms. The first-order valence-corrected chi connectivity index (χ1v) is 10.8. The van der Waals surface area contributed by atoms with E-state index in [-0.39, 0.29) is 18.7 Å². The van der Waals surface area contributed by atoms with Gasteiger partial charge in [-0.15, -0.1) is 6.04 Å². The number of para-hydroxylation sites is 1. The minimum absolute atomic E-state index is 0. The van der Waals surface area contributed by atoms with Gasteiger partial charge in [0.25, 0.3) is 5.69 Å². The van der Waals surface area contributed by atoms with Crippen LogP contribution >= 0.6 is 9.69 Å². The minimum Gasteiger partial charge on any atom is -0.676 e. The van der Waals surface area contributed by atoms with E-state index in [1.165, 1.54) is 18.2 Å². The van der Waals surface area contributed by atoms with Crippen molar-refractivity contribution in [3.8, 4) is 0 Å². The molecule has 0 radical (unpaired) electrons. The molecule has 0 heterocycles. The van der Waals surface area contributed by atoms with Gasteiger partial charge in [-0.1, -0.05) is 43.9 Å². The summed E-state index contributed by atoms with van der Waals surface area (Å²) in [5.74, 6) is -0.493. The van der Waals surface area contributed by atoms with Gasteiger partial charge in [0.1, 0.15) is 0 Å². The fraction of sp³-hybridized carbons (Fsp3) is 0.500. The quantitative estimate of drug-likeness (QED) is 0.280. The second-order valence-corrected chi connectivity index (χ2v) is 6.84. The maximum Gasteiger partial charge on any atom is 0.273 e. The molecule has 2 atom stereocenters. The van der Waals surface area contributed by atoms with Crippen LogP contribution in [0.5, 0.6) is 0 Å². The molecule has 0 aliphatic heterocycles. The van der Waals surface area contributed by atoms with Gasteiger partial charge in [0, 0.05) is 11.6 Å². The van der Waals surface area contributed by atoms with Gasteiger partial charge in [-0.05, 0) is 0 Å². The molecule has 0 saturated heterocycles. The fourth-order valence-corrected chi connectivity index (χ4v) is 3.87. The number of nitrogens with one attached hydrogen (secondary N) is 1. The smallest absolute Gasteiger partial charge is 0.273 e. The molecule has 1 aliphatic rings. The first kappa shape index (κ1) is 23.4. The zero-order valence-electron chi connectivity index (χ0n) is 13.2. The van der Waals surface area contributed by atoms with Crippen LogP contribution in [0.25, 0.3) is 10.5 Å². The summed E-state index contributed by atoms with van der Waals surface area (Å²) in [4.78, 5) is 10.3. The third kappa shape index (κ3) is 7.11. The van der Waals surface area contributed by atoms with Gasteiger partial charge >= 0.3 is 27.0 Å². The molecule has 1 saturated carbocycles. The molecule has 1 N–H and O–H groups in total. The van der Waals surface area contributed by atoms with Crippen LogP contribution in [-0.4, -0.2) is 25.4 Å². The number of hydrogen-bond donors (Lipinski definition) is 0. The van der Waals surface area contributed by atoms with Gasteiger partial charge < -0.3 is 17.9 Å². The van der Waals surface area contributed by atoms with E-state index in [4.69, 9.17) is 5.73 Å². The maximum atomic E-state index is 12.1. The summed E-state index contributed by atoms with van der Waals surface area (Å²) in [5.41, 5.74) is 7.74. The van der Waals surface area contributed by atoms with Crippen LogP contribution in [0.15, 0.2) is 24.3 Å². The molecule has 10 heteroatoms. The van der Waals surface area contributed by atoms with E-state index in [9.17, 15) is 18.5 Å². The van der Waals surface area contributed by atoms with Crippen molar-refractivity contribution in [2.24, 2.45) is 0 Å². The number of hydrogen-bond acceptors (Lipinski definition) is 4. The van der Waals surface area contributed by atoms with Crippen LogP contribution in [0.2, 0.25) is 0 Å². The summed E-state index contributed by atoms with van der Waals surface area (Å²) in [7, 11) is 0.746. The Balaban J connectivity index is 0.00000170. The Morgan fingerprint density at radius 3 is 2.46 bits per heavy atom. The molecule has 1 aromatic carbocycles. The molecule has 2 rings (SSSR count). The summed E-state index contributed by atoms with van der Waals surface area (Å²) < 4.78 is 28.0. The molecule has 1 fully saturated rings. The predicted octanol–water partition coefficient (Wildman–Crippen LogP) is 4.30. The summed E-state index contributed by atoms with van der Waals surface area (Å²) in [6.45, 7) is 0. The Morgan fingerprint density at radius 1 is 1.29 bits per heavy atom. The largest absolute Gasteiger partial charge is 0.676 e. The van der Waals surface area contributed by atoms with E-state index >= 15 is 0 Å². The van der Waals surface area contributed by atoms with Gasteiger partial charge in [-0.25, -0.2) is 8.42 Å². The molecular weight excluding hydrogens is 443 g/mol. The SMILES string of the molecule is [CH3-].[Cl][Ru+3].[NH-]C1CCCCC1[N-]S(=O)(=O)Cc1ccccc1[N+](=O)[O-]. The Labute approximate surface area is 157 Å². The van der Waals surface area contributed by atoms with Crippen molar-refractivity contribution >= 4 is 25.4 Å².